The van der Waals surface area contributed by atoms with Gasteiger partial charge in [-0.2, -0.15) is 0 Å². The Morgan fingerprint density at radius 2 is 1.84 bits per heavy atom. The summed E-state index contributed by atoms with van der Waals surface area (Å²) in [5, 5.41) is 20.7. The minimum absolute atomic E-state index is 0.176. The fourth-order valence-corrected chi connectivity index (χ4v) is 3.49. The van der Waals surface area contributed by atoms with Crippen molar-refractivity contribution in [3.05, 3.63) is 48.5 Å². The molecule has 1 atom stereocenters. The Bertz CT molecular complexity index is 897. The molecule has 1 aliphatic rings. The molecule has 1 fully saturated rings. The number of anilines is 1. The highest BCUT2D eigenvalue weighted by atomic mass is 16.3. The zero-order valence-corrected chi connectivity index (χ0v) is 14.0. The van der Waals surface area contributed by atoms with Gasteiger partial charge in [0.2, 0.25) is 0 Å². The molecule has 2 aromatic carbocycles. The third-order valence-electron chi connectivity index (χ3n) is 4.80. The number of piperidine rings is 1. The van der Waals surface area contributed by atoms with Crippen LogP contribution in [0.1, 0.15) is 12.8 Å². The van der Waals surface area contributed by atoms with Crippen molar-refractivity contribution in [3.63, 3.8) is 0 Å². The molecule has 0 radical (unpaired) electrons. The van der Waals surface area contributed by atoms with Gasteiger partial charge in [0, 0.05) is 25.1 Å². The molecule has 25 heavy (non-hydrogen) atoms. The van der Waals surface area contributed by atoms with Crippen molar-refractivity contribution in [2.75, 3.05) is 24.6 Å². The third-order valence-corrected chi connectivity index (χ3v) is 4.80. The highest BCUT2D eigenvalue weighted by molar-refractivity contribution is 5.91. The first-order valence-corrected chi connectivity index (χ1v) is 8.67. The summed E-state index contributed by atoms with van der Waals surface area (Å²) in [4.78, 5) is 11.7. The molecule has 2 heterocycles. The second kappa shape index (κ2) is 6.69. The van der Waals surface area contributed by atoms with Gasteiger partial charge < -0.3 is 15.1 Å². The Morgan fingerprint density at radius 1 is 1.04 bits per heavy atom. The minimum atomic E-state index is 0.176. The number of nitrogens with zero attached hydrogens (tertiary/aromatic N) is 3. The van der Waals surface area contributed by atoms with E-state index in [1.54, 1.807) is 12.1 Å². The largest absolute Gasteiger partial charge is 0.507 e. The van der Waals surface area contributed by atoms with Gasteiger partial charge in [0.15, 0.2) is 5.82 Å². The van der Waals surface area contributed by atoms with Crippen LogP contribution in [0.3, 0.4) is 0 Å². The van der Waals surface area contributed by atoms with Crippen LogP contribution in [-0.4, -0.2) is 39.9 Å². The van der Waals surface area contributed by atoms with Crippen LogP contribution in [0.25, 0.3) is 22.3 Å². The highest BCUT2D eigenvalue weighted by Gasteiger charge is 2.23. The number of hydrogen-bond acceptors (Lipinski definition) is 5. The van der Waals surface area contributed by atoms with Gasteiger partial charge in [-0.05, 0) is 43.0 Å². The quantitative estimate of drug-likeness (QED) is 0.769. The van der Waals surface area contributed by atoms with E-state index in [1.807, 2.05) is 36.4 Å². The van der Waals surface area contributed by atoms with Crippen LogP contribution in [0.2, 0.25) is 0 Å². The van der Waals surface area contributed by atoms with Crippen LogP contribution in [0.15, 0.2) is 48.5 Å². The fourth-order valence-electron chi connectivity index (χ4n) is 3.49. The van der Waals surface area contributed by atoms with Crippen LogP contribution in [0, 0.1) is 5.92 Å². The third kappa shape index (κ3) is 3.03. The average Bonchev–Trinajstić information content (AvgIpc) is 2.67. The lowest BCUT2D eigenvalue weighted by atomic mass is 9.98. The Kier molecular flexibility index (Phi) is 4.24. The van der Waals surface area contributed by atoms with Gasteiger partial charge in [-0.25, -0.2) is 9.97 Å². The topological polar surface area (TPSA) is 69.5 Å². The summed E-state index contributed by atoms with van der Waals surface area (Å²) in [6.07, 6.45) is 2.08. The first kappa shape index (κ1) is 15.8. The molecule has 0 amide bonds. The number of phenolic OH excluding ortho intramolecular Hbond substituents is 1. The van der Waals surface area contributed by atoms with Crippen molar-refractivity contribution in [1.82, 2.24) is 9.97 Å². The Labute approximate surface area is 146 Å². The van der Waals surface area contributed by atoms with E-state index in [4.69, 9.17) is 4.98 Å². The summed E-state index contributed by atoms with van der Waals surface area (Å²) in [5.41, 5.74) is 1.49. The zero-order valence-electron chi connectivity index (χ0n) is 14.0. The van der Waals surface area contributed by atoms with Gasteiger partial charge in [0.25, 0.3) is 0 Å². The lowest BCUT2D eigenvalue weighted by Crippen LogP contribution is -2.37. The highest BCUT2D eigenvalue weighted by Crippen LogP contribution is 2.33. The number of aliphatic hydroxyl groups is 1. The molecule has 0 bridgehead atoms. The van der Waals surface area contributed by atoms with Crippen molar-refractivity contribution >= 4 is 16.7 Å². The van der Waals surface area contributed by atoms with Crippen LogP contribution in [0.4, 0.5) is 5.82 Å². The molecule has 1 aromatic heterocycles. The van der Waals surface area contributed by atoms with E-state index >= 15 is 0 Å². The van der Waals surface area contributed by atoms with Gasteiger partial charge in [0.05, 0.1) is 11.1 Å². The van der Waals surface area contributed by atoms with E-state index in [1.165, 1.54) is 0 Å². The number of aromatic nitrogens is 2. The molecule has 0 aliphatic carbocycles. The molecule has 2 N–H and O–H groups in total. The van der Waals surface area contributed by atoms with Crippen molar-refractivity contribution in [2.45, 2.75) is 12.8 Å². The Morgan fingerprint density at radius 3 is 2.68 bits per heavy atom. The summed E-state index contributed by atoms with van der Waals surface area (Å²) in [6.45, 7) is 1.90. The number of hydrogen-bond donors (Lipinski definition) is 2. The van der Waals surface area contributed by atoms with E-state index in [2.05, 4.69) is 9.88 Å². The average molecular weight is 335 g/mol. The number of phenols is 1. The molecular weight excluding hydrogens is 314 g/mol. The van der Waals surface area contributed by atoms with E-state index in [9.17, 15) is 10.2 Å². The van der Waals surface area contributed by atoms with E-state index in [0.717, 1.165) is 42.7 Å². The molecule has 5 heteroatoms. The van der Waals surface area contributed by atoms with Gasteiger partial charge in [0.1, 0.15) is 11.6 Å². The van der Waals surface area contributed by atoms with Gasteiger partial charge in [-0.15, -0.1) is 0 Å². The first-order chi connectivity index (χ1) is 12.3. The van der Waals surface area contributed by atoms with Crippen LogP contribution >= 0.6 is 0 Å². The van der Waals surface area contributed by atoms with Gasteiger partial charge >= 0.3 is 0 Å². The molecule has 1 aliphatic heterocycles. The Balaban J connectivity index is 1.86. The molecule has 4 rings (SSSR count). The SMILES string of the molecule is OCC1CCCN(c2nc(-c3ccccc3O)nc3ccccc23)C1. The van der Waals surface area contributed by atoms with Crippen molar-refractivity contribution < 1.29 is 10.2 Å². The molecule has 0 spiro atoms. The summed E-state index contributed by atoms with van der Waals surface area (Å²) >= 11 is 0. The van der Waals surface area contributed by atoms with Crippen molar-refractivity contribution in [3.8, 4) is 17.1 Å². The number of rotatable bonds is 3. The maximum Gasteiger partial charge on any atom is 0.165 e. The lowest BCUT2D eigenvalue weighted by molar-refractivity contribution is 0.208. The maximum atomic E-state index is 10.2. The van der Waals surface area contributed by atoms with Crippen LogP contribution < -0.4 is 4.90 Å². The minimum Gasteiger partial charge on any atom is -0.507 e. The first-order valence-electron chi connectivity index (χ1n) is 8.67. The number of fused-ring (bicyclic) bond motifs is 1. The number of para-hydroxylation sites is 2. The zero-order chi connectivity index (χ0) is 17.2. The second-order valence-corrected chi connectivity index (χ2v) is 6.54. The Hall–Kier alpha value is -2.66. The summed E-state index contributed by atoms with van der Waals surface area (Å²) in [7, 11) is 0. The number of aliphatic hydroxyl groups excluding tert-OH is 1. The number of benzene rings is 2. The summed E-state index contributed by atoms with van der Waals surface area (Å²) in [5.74, 6) is 1.85. The smallest absolute Gasteiger partial charge is 0.165 e. The van der Waals surface area contributed by atoms with Crippen LogP contribution in [0.5, 0.6) is 5.75 Å². The summed E-state index contributed by atoms with van der Waals surface area (Å²) < 4.78 is 0. The maximum absolute atomic E-state index is 10.2. The normalized spacial score (nSPS) is 17.8. The van der Waals surface area contributed by atoms with Gasteiger partial charge in [-0.1, -0.05) is 24.3 Å². The molecule has 5 nitrogen and oxygen atoms in total. The summed E-state index contributed by atoms with van der Waals surface area (Å²) in [6, 6.07) is 15.1. The molecule has 1 saturated heterocycles. The molecule has 3 aromatic rings. The van der Waals surface area contributed by atoms with Crippen molar-refractivity contribution in [2.24, 2.45) is 5.92 Å². The van der Waals surface area contributed by atoms with Crippen LogP contribution in [-0.2, 0) is 0 Å². The molecule has 1 unspecified atom stereocenters. The number of aromatic hydroxyl groups is 1. The second-order valence-electron chi connectivity index (χ2n) is 6.54. The molecular formula is C20H21N3O2. The van der Waals surface area contributed by atoms with Gasteiger partial charge in [-0.3, -0.25) is 0 Å². The van der Waals surface area contributed by atoms with Crippen molar-refractivity contribution in [1.29, 1.82) is 0 Å². The standard InChI is InChI=1S/C20H21N3O2/c24-13-14-6-5-11-23(12-14)20-15-7-1-3-9-17(15)21-19(22-20)16-8-2-4-10-18(16)25/h1-4,7-10,14,24-25H,5-6,11-13H2. The predicted octanol–water partition coefficient (Wildman–Crippen LogP) is 3.21. The fraction of sp³-hybridized carbons (Fsp3) is 0.300. The van der Waals surface area contributed by atoms with E-state index in [-0.39, 0.29) is 18.3 Å². The van der Waals surface area contributed by atoms with E-state index in [0.29, 0.717) is 11.4 Å². The predicted molar refractivity (Wildman–Crippen MR) is 98.7 cm³/mol. The monoisotopic (exact) mass is 335 g/mol. The molecule has 128 valence electrons. The lowest BCUT2D eigenvalue weighted by Gasteiger charge is -2.33. The van der Waals surface area contributed by atoms with E-state index < -0.39 is 0 Å². The molecule has 0 saturated carbocycles.